The number of likely N-dealkylation sites (tertiary alicyclic amines) is 1. The van der Waals surface area contributed by atoms with Crippen molar-refractivity contribution >= 4 is 11.8 Å². The number of pyridine rings is 1. The number of hydrogen-bond acceptors (Lipinski definition) is 4. The fourth-order valence-corrected chi connectivity index (χ4v) is 2.28. The summed E-state index contributed by atoms with van der Waals surface area (Å²) >= 11 is 0. The van der Waals surface area contributed by atoms with Crippen LogP contribution in [0.3, 0.4) is 0 Å². The van der Waals surface area contributed by atoms with Gasteiger partial charge in [-0.1, -0.05) is 11.8 Å². The van der Waals surface area contributed by atoms with Crippen molar-refractivity contribution in [3.05, 3.63) is 29.6 Å². The van der Waals surface area contributed by atoms with Crippen molar-refractivity contribution in [1.82, 2.24) is 9.88 Å². The molecule has 21 heavy (non-hydrogen) atoms. The maximum absolute atomic E-state index is 12.4. The first kappa shape index (κ1) is 15.0. The lowest BCUT2D eigenvalue weighted by atomic mass is 9.89. The molecule has 6 heteroatoms. The molecule has 1 aliphatic heterocycles. The zero-order chi connectivity index (χ0) is 15.5. The van der Waals surface area contributed by atoms with Crippen LogP contribution in [-0.2, 0) is 4.79 Å². The van der Waals surface area contributed by atoms with Crippen LogP contribution in [0.1, 0.15) is 29.3 Å². The molecule has 2 heterocycles. The summed E-state index contributed by atoms with van der Waals surface area (Å²) in [6.45, 7) is 2.32. The van der Waals surface area contributed by atoms with Gasteiger partial charge in [0.1, 0.15) is 6.61 Å². The number of nitrogens with zero attached hydrogens (tertiary/aromatic N) is 2. The zero-order valence-electron chi connectivity index (χ0n) is 11.8. The van der Waals surface area contributed by atoms with Crippen molar-refractivity contribution in [2.24, 2.45) is 11.1 Å². The number of aromatic nitrogens is 1. The van der Waals surface area contributed by atoms with Crippen molar-refractivity contribution < 1.29 is 14.7 Å². The molecule has 0 saturated carbocycles. The van der Waals surface area contributed by atoms with Gasteiger partial charge >= 0.3 is 0 Å². The Bertz CT molecular complexity index is 633. The van der Waals surface area contributed by atoms with E-state index in [4.69, 9.17) is 10.8 Å². The Morgan fingerprint density at radius 1 is 1.52 bits per heavy atom. The minimum atomic E-state index is -0.669. The molecule has 1 unspecified atom stereocenters. The third-order valence-electron chi connectivity index (χ3n) is 3.65. The standard InChI is InChI=1S/C15H17N3O3/c1-15(14(16)21)4-5-18(10-15)13(20)12-7-11(3-2-6-19)8-17-9-12/h7-9,19H,4-6,10H2,1H3,(H2,16,21). The second kappa shape index (κ2) is 5.94. The largest absolute Gasteiger partial charge is 0.384 e. The Balaban J connectivity index is 2.16. The average molecular weight is 287 g/mol. The highest BCUT2D eigenvalue weighted by Crippen LogP contribution is 2.30. The third-order valence-corrected chi connectivity index (χ3v) is 3.65. The summed E-state index contributed by atoms with van der Waals surface area (Å²) in [5.41, 5.74) is 5.68. The van der Waals surface area contributed by atoms with E-state index in [9.17, 15) is 9.59 Å². The van der Waals surface area contributed by atoms with Crippen molar-refractivity contribution in [1.29, 1.82) is 0 Å². The molecule has 6 nitrogen and oxygen atoms in total. The second-order valence-electron chi connectivity index (χ2n) is 5.32. The molecule has 1 saturated heterocycles. The predicted octanol–water partition coefficient (Wildman–Crippen LogP) is -0.237. The summed E-state index contributed by atoms with van der Waals surface area (Å²) in [4.78, 5) is 29.4. The highest BCUT2D eigenvalue weighted by Gasteiger charge is 2.40. The number of carbonyl (C=O) groups excluding carboxylic acids is 2. The van der Waals surface area contributed by atoms with Crippen LogP contribution < -0.4 is 5.73 Å². The first-order valence-electron chi connectivity index (χ1n) is 6.60. The number of aliphatic hydroxyl groups is 1. The first-order chi connectivity index (χ1) is 9.96. The van der Waals surface area contributed by atoms with Crippen molar-refractivity contribution in [2.75, 3.05) is 19.7 Å². The van der Waals surface area contributed by atoms with E-state index < -0.39 is 11.3 Å². The van der Waals surface area contributed by atoms with Gasteiger partial charge in [-0.3, -0.25) is 14.6 Å². The summed E-state index contributed by atoms with van der Waals surface area (Å²) in [5, 5.41) is 8.68. The second-order valence-corrected chi connectivity index (χ2v) is 5.32. The summed E-state index contributed by atoms with van der Waals surface area (Å²) in [7, 11) is 0. The highest BCUT2D eigenvalue weighted by atomic mass is 16.2. The molecular formula is C15H17N3O3. The van der Waals surface area contributed by atoms with Crippen molar-refractivity contribution in [3.63, 3.8) is 0 Å². The molecule has 2 rings (SSSR count). The maximum atomic E-state index is 12.4. The molecule has 0 aromatic carbocycles. The number of primary amides is 1. The molecule has 0 aliphatic carbocycles. The van der Waals surface area contributed by atoms with Gasteiger partial charge in [0.2, 0.25) is 5.91 Å². The van der Waals surface area contributed by atoms with E-state index in [1.54, 1.807) is 17.9 Å². The number of carbonyl (C=O) groups is 2. The number of aliphatic hydroxyl groups excluding tert-OH is 1. The van der Waals surface area contributed by atoms with Gasteiger partial charge in [-0.2, -0.15) is 0 Å². The smallest absolute Gasteiger partial charge is 0.255 e. The van der Waals surface area contributed by atoms with Gasteiger partial charge in [-0.05, 0) is 19.4 Å². The molecule has 0 bridgehead atoms. The van der Waals surface area contributed by atoms with E-state index in [1.807, 2.05) is 0 Å². The Kier molecular flexibility index (Phi) is 4.24. The molecule has 1 atom stereocenters. The van der Waals surface area contributed by atoms with Crippen LogP contribution in [0.15, 0.2) is 18.5 Å². The van der Waals surface area contributed by atoms with Gasteiger partial charge < -0.3 is 15.7 Å². The van der Waals surface area contributed by atoms with Crippen LogP contribution in [-0.4, -0.2) is 46.5 Å². The quantitative estimate of drug-likeness (QED) is 0.734. The zero-order valence-corrected chi connectivity index (χ0v) is 11.8. The molecule has 1 aromatic heterocycles. The van der Waals surface area contributed by atoms with Crippen molar-refractivity contribution in [3.8, 4) is 11.8 Å². The van der Waals surface area contributed by atoms with Crippen LogP contribution in [0.2, 0.25) is 0 Å². The highest BCUT2D eigenvalue weighted by molar-refractivity contribution is 5.95. The van der Waals surface area contributed by atoms with Gasteiger partial charge in [-0.15, -0.1) is 0 Å². The van der Waals surface area contributed by atoms with Gasteiger partial charge in [0.05, 0.1) is 11.0 Å². The van der Waals surface area contributed by atoms with Gasteiger partial charge in [0.25, 0.3) is 5.91 Å². The average Bonchev–Trinajstić information content (AvgIpc) is 2.88. The topological polar surface area (TPSA) is 96.5 Å². The first-order valence-corrected chi connectivity index (χ1v) is 6.60. The van der Waals surface area contributed by atoms with Crippen LogP contribution in [0.4, 0.5) is 0 Å². The lowest BCUT2D eigenvalue weighted by Crippen LogP contribution is -2.38. The summed E-state index contributed by atoms with van der Waals surface area (Å²) in [6, 6.07) is 1.62. The number of hydrogen-bond donors (Lipinski definition) is 2. The number of nitrogens with two attached hydrogens (primary N) is 1. The summed E-state index contributed by atoms with van der Waals surface area (Å²) in [5.74, 6) is 4.63. The van der Waals surface area contributed by atoms with E-state index in [0.717, 1.165) is 0 Å². The Morgan fingerprint density at radius 2 is 2.29 bits per heavy atom. The Hall–Kier alpha value is -2.39. The third kappa shape index (κ3) is 3.20. The fourth-order valence-electron chi connectivity index (χ4n) is 2.28. The summed E-state index contributed by atoms with van der Waals surface area (Å²) < 4.78 is 0. The van der Waals surface area contributed by atoms with Gasteiger partial charge in [0, 0.05) is 31.0 Å². The van der Waals surface area contributed by atoms with E-state index in [0.29, 0.717) is 30.6 Å². The molecule has 1 aromatic rings. The number of rotatable bonds is 2. The van der Waals surface area contributed by atoms with Crippen LogP contribution in [0.25, 0.3) is 0 Å². The van der Waals surface area contributed by atoms with E-state index in [-0.39, 0.29) is 12.5 Å². The molecule has 1 fully saturated rings. The predicted molar refractivity (Wildman–Crippen MR) is 76.0 cm³/mol. The molecule has 0 radical (unpaired) electrons. The van der Waals surface area contributed by atoms with E-state index in [1.165, 1.54) is 12.4 Å². The molecular weight excluding hydrogens is 270 g/mol. The Morgan fingerprint density at radius 3 is 2.90 bits per heavy atom. The number of amides is 2. The molecule has 0 spiro atoms. The van der Waals surface area contributed by atoms with Crippen LogP contribution >= 0.6 is 0 Å². The van der Waals surface area contributed by atoms with Gasteiger partial charge in [-0.25, -0.2) is 0 Å². The molecule has 3 N–H and O–H groups in total. The normalized spacial score (nSPS) is 20.8. The Labute approximate surface area is 123 Å². The van der Waals surface area contributed by atoms with Gasteiger partial charge in [0.15, 0.2) is 0 Å². The minimum absolute atomic E-state index is 0.194. The maximum Gasteiger partial charge on any atom is 0.255 e. The lowest BCUT2D eigenvalue weighted by Gasteiger charge is -2.21. The van der Waals surface area contributed by atoms with Crippen LogP contribution in [0, 0.1) is 17.3 Å². The van der Waals surface area contributed by atoms with E-state index >= 15 is 0 Å². The SMILES string of the molecule is CC1(C(N)=O)CCN(C(=O)c2cncc(C#CCO)c2)C1. The van der Waals surface area contributed by atoms with E-state index in [2.05, 4.69) is 16.8 Å². The summed E-state index contributed by atoms with van der Waals surface area (Å²) in [6.07, 6.45) is 3.55. The van der Waals surface area contributed by atoms with Crippen LogP contribution in [0.5, 0.6) is 0 Å². The molecule has 2 amide bonds. The molecule has 1 aliphatic rings. The molecule has 110 valence electrons. The minimum Gasteiger partial charge on any atom is -0.384 e. The monoisotopic (exact) mass is 287 g/mol. The fraction of sp³-hybridized carbons (Fsp3) is 0.400. The van der Waals surface area contributed by atoms with Crippen molar-refractivity contribution in [2.45, 2.75) is 13.3 Å². The lowest BCUT2D eigenvalue weighted by molar-refractivity contribution is -0.126.